The number of nitrogens with zero attached hydrogens (tertiary/aromatic N) is 1. The number of likely N-dealkylation sites (N-methyl/N-ethyl adjacent to an activating group) is 2. The fourth-order valence-electron chi connectivity index (χ4n) is 2.67. The lowest BCUT2D eigenvalue weighted by atomic mass is 10.0. The van der Waals surface area contributed by atoms with Crippen LogP contribution in [0.25, 0.3) is 0 Å². The summed E-state index contributed by atoms with van der Waals surface area (Å²) in [6, 6.07) is 0.608. The lowest BCUT2D eigenvalue weighted by Crippen LogP contribution is -2.50. The van der Waals surface area contributed by atoms with Gasteiger partial charge < -0.3 is 11.1 Å². The highest BCUT2D eigenvalue weighted by Crippen LogP contribution is 2.21. The summed E-state index contributed by atoms with van der Waals surface area (Å²) in [5, 5.41) is 2.86. The van der Waals surface area contributed by atoms with Crippen LogP contribution in [0.15, 0.2) is 0 Å². The maximum absolute atomic E-state index is 11.7. The summed E-state index contributed by atoms with van der Waals surface area (Å²) in [6.45, 7) is 6.15. The topological polar surface area (TPSA) is 58.4 Å². The molecule has 1 fully saturated rings. The SMILES string of the molecule is CCNC(=O)CN(CC)C1CCCCCC1N. The predicted octanol–water partition coefficient (Wildman–Crippen LogP) is 1.10. The average Bonchev–Trinajstić information content (AvgIpc) is 2.51. The highest BCUT2D eigenvalue weighted by atomic mass is 16.2. The van der Waals surface area contributed by atoms with Crippen molar-refractivity contribution in [2.45, 2.75) is 58.0 Å². The van der Waals surface area contributed by atoms with Crippen molar-refractivity contribution < 1.29 is 4.79 Å². The van der Waals surface area contributed by atoms with Gasteiger partial charge in [0.05, 0.1) is 6.54 Å². The predicted molar refractivity (Wildman–Crippen MR) is 70.8 cm³/mol. The van der Waals surface area contributed by atoms with E-state index in [0.717, 1.165) is 19.4 Å². The van der Waals surface area contributed by atoms with Gasteiger partial charge in [0.15, 0.2) is 0 Å². The van der Waals surface area contributed by atoms with Gasteiger partial charge in [-0.1, -0.05) is 26.2 Å². The number of carbonyl (C=O) groups excluding carboxylic acids is 1. The number of amides is 1. The molecule has 1 aliphatic carbocycles. The van der Waals surface area contributed by atoms with Gasteiger partial charge in [0, 0.05) is 18.6 Å². The molecule has 0 aromatic rings. The highest BCUT2D eigenvalue weighted by Gasteiger charge is 2.26. The fourth-order valence-corrected chi connectivity index (χ4v) is 2.67. The zero-order chi connectivity index (χ0) is 12.7. The molecule has 4 heteroatoms. The van der Waals surface area contributed by atoms with E-state index >= 15 is 0 Å². The second-order valence-corrected chi connectivity index (χ2v) is 4.89. The molecule has 1 rings (SSSR count). The van der Waals surface area contributed by atoms with Crippen LogP contribution in [0.2, 0.25) is 0 Å². The molecule has 0 aliphatic heterocycles. The molecule has 0 bridgehead atoms. The lowest BCUT2D eigenvalue weighted by molar-refractivity contribution is -0.122. The molecule has 0 heterocycles. The highest BCUT2D eigenvalue weighted by molar-refractivity contribution is 5.77. The Labute approximate surface area is 105 Å². The Morgan fingerprint density at radius 1 is 1.29 bits per heavy atom. The third kappa shape index (κ3) is 4.64. The van der Waals surface area contributed by atoms with Crippen molar-refractivity contribution >= 4 is 5.91 Å². The number of nitrogens with one attached hydrogen (secondary N) is 1. The smallest absolute Gasteiger partial charge is 0.234 e. The molecule has 100 valence electrons. The third-order valence-corrected chi connectivity index (χ3v) is 3.63. The summed E-state index contributed by atoms with van der Waals surface area (Å²) >= 11 is 0. The zero-order valence-electron chi connectivity index (χ0n) is 11.2. The van der Waals surface area contributed by atoms with Crippen molar-refractivity contribution in [1.82, 2.24) is 10.2 Å². The first-order valence-electron chi connectivity index (χ1n) is 6.95. The van der Waals surface area contributed by atoms with E-state index in [2.05, 4.69) is 17.1 Å². The van der Waals surface area contributed by atoms with Gasteiger partial charge in [-0.2, -0.15) is 0 Å². The molecule has 0 saturated heterocycles. The van der Waals surface area contributed by atoms with Crippen molar-refractivity contribution in [2.75, 3.05) is 19.6 Å². The minimum Gasteiger partial charge on any atom is -0.355 e. The molecule has 0 aromatic carbocycles. The number of nitrogens with two attached hydrogens (primary N) is 1. The van der Waals surface area contributed by atoms with E-state index in [1.54, 1.807) is 0 Å². The van der Waals surface area contributed by atoms with E-state index in [4.69, 9.17) is 5.73 Å². The molecule has 1 saturated carbocycles. The normalized spacial score (nSPS) is 25.6. The van der Waals surface area contributed by atoms with Gasteiger partial charge in [-0.3, -0.25) is 9.69 Å². The summed E-state index contributed by atoms with van der Waals surface area (Å²) < 4.78 is 0. The molecule has 0 spiro atoms. The van der Waals surface area contributed by atoms with Crippen molar-refractivity contribution in [3.05, 3.63) is 0 Å². The van der Waals surface area contributed by atoms with Gasteiger partial charge in [0.25, 0.3) is 0 Å². The molecule has 2 atom stereocenters. The summed E-state index contributed by atoms with van der Waals surface area (Å²) in [6.07, 6.45) is 5.98. The van der Waals surface area contributed by atoms with E-state index in [9.17, 15) is 4.79 Å². The van der Waals surface area contributed by atoms with Crippen LogP contribution in [-0.4, -0.2) is 42.5 Å². The maximum Gasteiger partial charge on any atom is 0.234 e. The minimum atomic E-state index is 0.116. The van der Waals surface area contributed by atoms with Crippen molar-refractivity contribution in [2.24, 2.45) is 5.73 Å². The lowest BCUT2D eigenvalue weighted by Gasteiger charge is -2.33. The van der Waals surface area contributed by atoms with Crippen LogP contribution in [0.3, 0.4) is 0 Å². The van der Waals surface area contributed by atoms with Gasteiger partial charge in [-0.25, -0.2) is 0 Å². The van der Waals surface area contributed by atoms with E-state index in [1.807, 2.05) is 6.92 Å². The van der Waals surface area contributed by atoms with E-state index < -0.39 is 0 Å². The first kappa shape index (κ1) is 14.5. The Kier molecular flexibility index (Phi) is 6.52. The van der Waals surface area contributed by atoms with Crippen LogP contribution < -0.4 is 11.1 Å². The van der Waals surface area contributed by atoms with Gasteiger partial charge in [-0.15, -0.1) is 0 Å². The number of hydrogen-bond acceptors (Lipinski definition) is 3. The van der Waals surface area contributed by atoms with E-state index in [-0.39, 0.29) is 11.9 Å². The Morgan fingerprint density at radius 3 is 2.65 bits per heavy atom. The quantitative estimate of drug-likeness (QED) is 0.709. The molecule has 0 radical (unpaired) electrons. The Balaban J connectivity index is 2.54. The van der Waals surface area contributed by atoms with Crippen LogP contribution in [0.4, 0.5) is 0 Å². The van der Waals surface area contributed by atoms with Crippen molar-refractivity contribution in [1.29, 1.82) is 0 Å². The third-order valence-electron chi connectivity index (χ3n) is 3.63. The Morgan fingerprint density at radius 2 is 2.00 bits per heavy atom. The fraction of sp³-hybridized carbons (Fsp3) is 0.923. The molecule has 1 aliphatic rings. The van der Waals surface area contributed by atoms with Gasteiger partial charge in [-0.05, 0) is 26.3 Å². The summed E-state index contributed by atoms with van der Waals surface area (Å²) in [5.74, 6) is 0.116. The summed E-state index contributed by atoms with van der Waals surface area (Å²) in [4.78, 5) is 13.9. The van der Waals surface area contributed by atoms with Gasteiger partial charge in [0.2, 0.25) is 5.91 Å². The Hall–Kier alpha value is -0.610. The number of hydrogen-bond donors (Lipinski definition) is 2. The second-order valence-electron chi connectivity index (χ2n) is 4.89. The molecule has 4 nitrogen and oxygen atoms in total. The number of carbonyl (C=O) groups is 1. The van der Waals surface area contributed by atoms with E-state index in [0.29, 0.717) is 19.1 Å². The first-order valence-corrected chi connectivity index (χ1v) is 6.95. The van der Waals surface area contributed by atoms with Crippen LogP contribution in [-0.2, 0) is 4.79 Å². The van der Waals surface area contributed by atoms with E-state index in [1.165, 1.54) is 19.3 Å². The van der Waals surface area contributed by atoms with Crippen LogP contribution in [0, 0.1) is 0 Å². The maximum atomic E-state index is 11.7. The minimum absolute atomic E-state index is 0.116. The van der Waals surface area contributed by atoms with Gasteiger partial charge >= 0.3 is 0 Å². The number of rotatable bonds is 5. The summed E-state index contributed by atoms with van der Waals surface area (Å²) in [5.41, 5.74) is 6.23. The summed E-state index contributed by atoms with van der Waals surface area (Å²) in [7, 11) is 0. The van der Waals surface area contributed by atoms with Crippen molar-refractivity contribution in [3.63, 3.8) is 0 Å². The average molecular weight is 241 g/mol. The molecule has 17 heavy (non-hydrogen) atoms. The van der Waals surface area contributed by atoms with Crippen LogP contribution >= 0.6 is 0 Å². The monoisotopic (exact) mass is 241 g/mol. The molecule has 3 N–H and O–H groups in total. The molecular weight excluding hydrogens is 214 g/mol. The second kappa shape index (κ2) is 7.67. The first-order chi connectivity index (χ1) is 8.19. The largest absolute Gasteiger partial charge is 0.355 e. The van der Waals surface area contributed by atoms with Crippen LogP contribution in [0.1, 0.15) is 46.0 Å². The standard InChI is InChI=1S/C13H27N3O/c1-3-15-13(17)10-16(4-2)12-9-7-5-6-8-11(12)14/h11-12H,3-10,14H2,1-2H3,(H,15,17). The molecular formula is C13H27N3O. The molecule has 0 aromatic heterocycles. The Bertz CT molecular complexity index is 233. The molecule has 1 amide bonds. The van der Waals surface area contributed by atoms with Crippen molar-refractivity contribution in [3.8, 4) is 0 Å². The van der Waals surface area contributed by atoms with Crippen LogP contribution in [0.5, 0.6) is 0 Å². The zero-order valence-corrected chi connectivity index (χ0v) is 11.2. The van der Waals surface area contributed by atoms with Gasteiger partial charge in [0.1, 0.15) is 0 Å². The molecule has 2 unspecified atom stereocenters.